The SMILES string of the molecule is O=c1c(Cc2ccc[n+]([O-])c2)nc2cccnc2n1-c1cccc(/C=C/c2cc[n+]([O-])cc2)c1. The van der Waals surface area contributed by atoms with Gasteiger partial charge in [-0.3, -0.25) is 9.36 Å². The molecule has 0 amide bonds. The molecule has 0 saturated carbocycles. The molecule has 34 heavy (non-hydrogen) atoms. The predicted octanol–water partition coefficient (Wildman–Crippen LogP) is 2.81. The van der Waals surface area contributed by atoms with E-state index in [1.54, 1.807) is 41.1 Å². The average Bonchev–Trinajstić information content (AvgIpc) is 2.84. The van der Waals surface area contributed by atoms with Crippen LogP contribution in [0.2, 0.25) is 0 Å². The zero-order valence-electron chi connectivity index (χ0n) is 18.0. The second-order valence-electron chi connectivity index (χ2n) is 7.71. The normalized spacial score (nSPS) is 11.3. The lowest BCUT2D eigenvalue weighted by Crippen LogP contribution is -2.27. The molecular formula is C26H19N5O3. The van der Waals surface area contributed by atoms with E-state index in [0.29, 0.717) is 32.8 Å². The second-order valence-corrected chi connectivity index (χ2v) is 7.71. The van der Waals surface area contributed by atoms with Crippen LogP contribution < -0.4 is 15.0 Å². The molecule has 0 radical (unpaired) electrons. The molecule has 0 saturated heterocycles. The van der Waals surface area contributed by atoms with E-state index in [-0.39, 0.29) is 12.0 Å². The lowest BCUT2D eigenvalue weighted by Gasteiger charge is -2.12. The summed E-state index contributed by atoms with van der Waals surface area (Å²) < 4.78 is 2.98. The van der Waals surface area contributed by atoms with Gasteiger partial charge in [-0.15, -0.1) is 0 Å². The van der Waals surface area contributed by atoms with Crippen LogP contribution in [0.4, 0.5) is 0 Å². The van der Waals surface area contributed by atoms with Crippen molar-refractivity contribution < 1.29 is 9.46 Å². The zero-order valence-corrected chi connectivity index (χ0v) is 18.0. The van der Waals surface area contributed by atoms with Crippen molar-refractivity contribution in [2.45, 2.75) is 6.42 Å². The van der Waals surface area contributed by atoms with Gasteiger partial charge in [-0.2, -0.15) is 9.46 Å². The number of benzene rings is 1. The Morgan fingerprint density at radius 3 is 2.53 bits per heavy atom. The molecule has 8 nitrogen and oxygen atoms in total. The van der Waals surface area contributed by atoms with Gasteiger partial charge in [0, 0.05) is 36.4 Å². The van der Waals surface area contributed by atoms with Crippen LogP contribution in [0.15, 0.2) is 96.4 Å². The minimum atomic E-state index is -0.295. The third kappa shape index (κ3) is 4.37. The van der Waals surface area contributed by atoms with E-state index in [1.165, 1.54) is 24.8 Å². The molecule has 0 fully saturated rings. The predicted molar refractivity (Wildman–Crippen MR) is 128 cm³/mol. The number of aromatic nitrogens is 5. The van der Waals surface area contributed by atoms with E-state index in [4.69, 9.17) is 0 Å². The van der Waals surface area contributed by atoms with Crippen molar-refractivity contribution in [2.75, 3.05) is 0 Å². The Bertz CT molecular complexity index is 1580. The lowest BCUT2D eigenvalue weighted by molar-refractivity contribution is -0.605. The molecule has 0 N–H and O–H groups in total. The molecule has 4 aromatic heterocycles. The van der Waals surface area contributed by atoms with E-state index in [1.807, 2.05) is 42.5 Å². The van der Waals surface area contributed by atoms with Gasteiger partial charge in [0.25, 0.3) is 5.56 Å². The maximum absolute atomic E-state index is 13.5. The van der Waals surface area contributed by atoms with Crippen molar-refractivity contribution in [3.8, 4) is 5.69 Å². The van der Waals surface area contributed by atoms with Gasteiger partial charge in [0.15, 0.2) is 30.4 Å². The summed E-state index contributed by atoms with van der Waals surface area (Å²) >= 11 is 0. The molecule has 1 aromatic carbocycles. The first-order valence-corrected chi connectivity index (χ1v) is 10.6. The van der Waals surface area contributed by atoms with Crippen LogP contribution in [0, 0.1) is 10.4 Å². The molecule has 5 rings (SSSR count). The first-order valence-electron chi connectivity index (χ1n) is 10.6. The van der Waals surface area contributed by atoms with Crippen molar-refractivity contribution in [3.05, 3.63) is 135 Å². The van der Waals surface area contributed by atoms with Gasteiger partial charge in [-0.05, 0) is 41.5 Å². The first-order chi connectivity index (χ1) is 16.6. The Kier molecular flexibility index (Phi) is 5.53. The Morgan fingerprint density at radius 1 is 0.882 bits per heavy atom. The summed E-state index contributed by atoms with van der Waals surface area (Å²) in [7, 11) is 0. The fraction of sp³-hybridized carbons (Fsp3) is 0.0385. The highest BCUT2D eigenvalue weighted by molar-refractivity contribution is 5.74. The van der Waals surface area contributed by atoms with Crippen LogP contribution in [0.5, 0.6) is 0 Å². The number of nitrogens with zero attached hydrogens (tertiary/aromatic N) is 5. The number of fused-ring (bicyclic) bond motifs is 1. The first kappa shape index (κ1) is 21.0. The van der Waals surface area contributed by atoms with Crippen molar-refractivity contribution in [3.63, 3.8) is 0 Å². The fourth-order valence-corrected chi connectivity index (χ4v) is 3.72. The van der Waals surface area contributed by atoms with Crippen LogP contribution >= 0.6 is 0 Å². The number of hydrogen-bond acceptors (Lipinski definition) is 5. The molecule has 5 aromatic rings. The quantitative estimate of drug-likeness (QED) is 0.303. The van der Waals surface area contributed by atoms with E-state index < -0.39 is 0 Å². The van der Waals surface area contributed by atoms with Crippen LogP contribution in [0.1, 0.15) is 22.4 Å². The standard InChI is InChI=1S/C26H19N5O3/c32-26-24(17-21-5-3-13-30(34)18-21)28-23-7-2-12-27-25(23)31(26)22-6-1-4-20(16-22)9-8-19-10-14-29(33)15-11-19/h1-16,18H,17H2/b9-8+. The summed E-state index contributed by atoms with van der Waals surface area (Å²) in [4.78, 5) is 22.5. The molecule has 4 heterocycles. The highest BCUT2D eigenvalue weighted by Gasteiger charge is 2.15. The molecular weight excluding hydrogens is 430 g/mol. The van der Waals surface area contributed by atoms with Gasteiger partial charge < -0.3 is 10.4 Å². The third-order valence-electron chi connectivity index (χ3n) is 5.32. The molecule has 0 aliphatic rings. The van der Waals surface area contributed by atoms with Crippen molar-refractivity contribution in [1.82, 2.24) is 14.5 Å². The van der Waals surface area contributed by atoms with Crippen LogP contribution in [-0.2, 0) is 6.42 Å². The van der Waals surface area contributed by atoms with Gasteiger partial charge in [-0.1, -0.05) is 24.3 Å². The molecule has 0 unspecified atom stereocenters. The van der Waals surface area contributed by atoms with Gasteiger partial charge >= 0.3 is 0 Å². The molecule has 166 valence electrons. The summed E-state index contributed by atoms with van der Waals surface area (Å²) in [5, 5.41) is 22.9. The molecule has 8 heteroatoms. The molecule has 0 bridgehead atoms. The smallest absolute Gasteiger partial charge is 0.278 e. The summed E-state index contributed by atoms with van der Waals surface area (Å²) in [6, 6.07) is 18.0. The number of rotatable bonds is 5. The lowest BCUT2D eigenvalue weighted by atomic mass is 10.1. The van der Waals surface area contributed by atoms with Crippen molar-refractivity contribution >= 4 is 23.3 Å². The van der Waals surface area contributed by atoms with Crippen molar-refractivity contribution in [1.29, 1.82) is 0 Å². The summed E-state index contributed by atoms with van der Waals surface area (Å²) in [5.74, 6) is 0. The zero-order chi connectivity index (χ0) is 23.5. The maximum Gasteiger partial charge on any atom is 0.278 e. The second kappa shape index (κ2) is 8.95. The molecule has 0 atom stereocenters. The van der Waals surface area contributed by atoms with Gasteiger partial charge in [-0.25, -0.2) is 9.97 Å². The van der Waals surface area contributed by atoms with Crippen LogP contribution in [0.3, 0.4) is 0 Å². The van der Waals surface area contributed by atoms with Gasteiger partial charge in [0.1, 0.15) is 11.2 Å². The van der Waals surface area contributed by atoms with E-state index in [0.717, 1.165) is 15.9 Å². The van der Waals surface area contributed by atoms with E-state index in [2.05, 4.69) is 9.97 Å². The fourth-order valence-electron chi connectivity index (χ4n) is 3.72. The molecule has 0 aliphatic heterocycles. The average molecular weight is 449 g/mol. The summed E-state index contributed by atoms with van der Waals surface area (Å²) in [6.07, 6.45) is 11.4. The highest BCUT2D eigenvalue weighted by atomic mass is 16.5. The Balaban J connectivity index is 1.59. The summed E-state index contributed by atoms with van der Waals surface area (Å²) in [6.45, 7) is 0. The maximum atomic E-state index is 13.5. The van der Waals surface area contributed by atoms with Gasteiger partial charge in [0.05, 0.1) is 5.69 Å². The Labute approximate surface area is 194 Å². The van der Waals surface area contributed by atoms with Gasteiger partial charge in [0.2, 0.25) is 0 Å². The minimum Gasteiger partial charge on any atom is -0.619 e. The summed E-state index contributed by atoms with van der Waals surface area (Å²) in [5.41, 5.74) is 4.16. The monoisotopic (exact) mass is 449 g/mol. The number of pyridine rings is 3. The Hall–Kier alpha value is -4.85. The third-order valence-corrected chi connectivity index (χ3v) is 5.32. The van der Waals surface area contributed by atoms with Crippen LogP contribution in [0.25, 0.3) is 29.0 Å². The molecule has 0 aliphatic carbocycles. The Morgan fingerprint density at radius 2 is 1.71 bits per heavy atom. The van der Waals surface area contributed by atoms with E-state index in [9.17, 15) is 15.2 Å². The number of hydrogen-bond donors (Lipinski definition) is 0. The minimum absolute atomic E-state index is 0.222. The highest BCUT2D eigenvalue weighted by Crippen LogP contribution is 2.17. The topological polar surface area (TPSA) is 102 Å². The molecule has 0 spiro atoms. The van der Waals surface area contributed by atoms with Crippen LogP contribution in [-0.4, -0.2) is 14.5 Å². The largest absolute Gasteiger partial charge is 0.619 e. The van der Waals surface area contributed by atoms with Crippen molar-refractivity contribution in [2.24, 2.45) is 0 Å². The van der Waals surface area contributed by atoms with E-state index >= 15 is 0 Å².